The van der Waals surface area contributed by atoms with Gasteiger partial charge in [-0.3, -0.25) is 4.99 Å². The van der Waals surface area contributed by atoms with Crippen LogP contribution in [0.3, 0.4) is 0 Å². The van der Waals surface area contributed by atoms with E-state index in [0.717, 1.165) is 31.3 Å². The summed E-state index contributed by atoms with van der Waals surface area (Å²) in [5.41, 5.74) is 4.04. The van der Waals surface area contributed by atoms with Gasteiger partial charge in [-0.05, 0) is 51.8 Å². The number of hydrogen-bond acceptors (Lipinski definition) is 1. The van der Waals surface area contributed by atoms with Crippen LogP contribution in [-0.2, 0) is 0 Å². The average molecular weight is 203 g/mol. The molecule has 1 heteroatoms. The fourth-order valence-corrected chi connectivity index (χ4v) is 1.89. The minimum Gasteiger partial charge on any atom is -0.293 e. The summed E-state index contributed by atoms with van der Waals surface area (Å²) < 4.78 is 0. The largest absolute Gasteiger partial charge is 0.293 e. The van der Waals surface area contributed by atoms with Gasteiger partial charge in [0.2, 0.25) is 0 Å². The molecule has 0 bridgehead atoms. The van der Waals surface area contributed by atoms with Crippen molar-refractivity contribution in [2.75, 3.05) is 0 Å². The number of nitrogens with zero attached hydrogens (tertiary/aromatic N) is 1. The van der Waals surface area contributed by atoms with E-state index in [-0.39, 0.29) is 6.04 Å². The van der Waals surface area contributed by atoms with Crippen LogP contribution in [0.15, 0.2) is 40.4 Å². The van der Waals surface area contributed by atoms with Crippen molar-refractivity contribution in [2.45, 2.75) is 45.6 Å². The first kappa shape index (κ1) is 12.0. The first-order chi connectivity index (χ1) is 7.13. The highest BCUT2D eigenvalue weighted by Crippen LogP contribution is 2.26. The van der Waals surface area contributed by atoms with E-state index < -0.39 is 0 Å². The minimum atomic E-state index is 0.261. The molecule has 0 spiro atoms. The van der Waals surface area contributed by atoms with Gasteiger partial charge >= 0.3 is 0 Å². The highest BCUT2D eigenvalue weighted by atomic mass is 14.7. The predicted molar refractivity (Wildman–Crippen MR) is 68.5 cm³/mol. The lowest BCUT2D eigenvalue weighted by molar-refractivity contribution is 0.660. The zero-order valence-electron chi connectivity index (χ0n) is 9.92. The Morgan fingerprint density at radius 3 is 2.87 bits per heavy atom. The second-order valence-corrected chi connectivity index (χ2v) is 4.43. The molecule has 0 aromatic carbocycles. The molecule has 1 unspecified atom stereocenters. The van der Waals surface area contributed by atoms with Gasteiger partial charge in [-0.2, -0.15) is 0 Å². The molecule has 0 N–H and O–H groups in total. The van der Waals surface area contributed by atoms with E-state index in [9.17, 15) is 0 Å². The lowest BCUT2D eigenvalue weighted by atomic mass is 9.90. The molecule has 82 valence electrons. The zero-order chi connectivity index (χ0) is 11.3. The van der Waals surface area contributed by atoms with Crippen molar-refractivity contribution in [3.05, 3.63) is 35.5 Å². The van der Waals surface area contributed by atoms with Crippen LogP contribution in [0, 0.1) is 0 Å². The van der Waals surface area contributed by atoms with Gasteiger partial charge in [-0.15, -0.1) is 0 Å². The Bertz CT molecular complexity index is 303. The monoisotopic (exact) mass is 203 g/mol. The van der Waals surface area contributed by atoms with Crippen LogP contribution >= 0.6 is 0 Å². The van der Waals surface area contributed by atoms with Crippen LogP contribution in [0.25, 0.3) is 0 Å². The fraction of sp³-hybridized carbons (Fsp3) is 0.500. The Labute approximate surface area is 93.3 Å². The molecule has 0 aromatic heterocycles. The third kappa shape index (κ3) is 3.86. The summed E-state index contributed by atoms with van der Waals surface area (Å²) in [4.78, 5) is 4.07. The van der Waals surface area contributed by atoms with Gasteiger partial charge in [0.05, 0.1) is 6.04 Å². The van der Waals surface area contributed by atoms with Gasteiger partial charge in [0.1, 0.15) is 0 Å². The summed E-state index contributed by atoms with van der Waals surface area (Å²) in [6.45, 7) is 11.9. The van der Waals surface area contributed by atoms with E-state index in [1.165, 1.54) is 11.1 Å². The Morgan fingerprint density at radius 2 is 2.33 bits per heavy atom. The second kappa shape index (κ2) is 5.69. The van der Waals surface area contributed by atoms with Crippen molar-refractivity contribution in [3.8, 4) is 0 Å². The molecule has 1 atom stereocenters. The van der Waals surface area contributed by atoms with Crippen molar-refractivity contribution in [1.29, 1.82) is 0 Å². The normalized spacial score (nSPS) is 20.8. The van der Waals surface area contributed by atoms with Gasteiger partial charge in [0.15, 0.2) is 0 Å². The van der Waals surface area contributed by atoms with Crippen LogP contribution in [0.2, 0.25) is 0 Å². The maximum Gasteiger partial charge on any atom is 0.0739 e. The Morgan fingerprint density at radius 1 is 1.60 bits per heavy atom. The second-order valence-electron chi connectivity index (χ2n) is 4.43. The highest BCUT2D eigenvalue weighted by Gasteiger charge is 2.15. The Hall–Kier alpha value is -1.11. The summed E-state index contributed by atoms with van der Waals surface area (Å²) in [7, 11) is 0. The van der Waals surface area contributed by atoms with Crippen molar-refractivity contribution < 1.29 is 0 Å². The predicted octanol–water partition coefficient (Wildman–Crippen LogP) is 4.08. The lowest BCUT2D eigenvalue weighted by Crippen LogP contribution is -2.11. The molecule has 0 fully saturated rings. The summed E-state index contributed by atoms with van der Waals surface area (Å²) in [5, 5.41) is 0. The van der Waals surface area contributed by atoms with E-state index in [0.29, 0.717) is 0 Å². The summed E-state index contributed by atoms with van der Waals surface area (Å²) >= 11 is 0. The van der Waals surface area contributed by atoms with Gasteiger partial charge in [0.25, 0.3) is 0 Å². The van der Waals surface area contributed by atoms with Crippen LogP contribution in [0.1, 0.15) is 39.5 Å². The quantitative estimate of drug-likeness (QED) is 0.482. The Kier molecular flexibility index (Phi) is 4.54. The molecule has 15 heavy (non-hydrogen) atoms. The molecule has 0 aromatic rings. The summed E-state index contributed by atoms with van der Waals surface area (Å²) in [6.07, 6.45) is 9.05. The van der Waals surface area contributed by atoms with Gasteiger partial charge in [-0.25, -0.2) is 0 Å². The van der Waals surface area contributed by atoms with Gasteiger partial charge in [-0.1, -0.05) is 29.9 Å². The lowest BCUT2D eigenvalue weighted by Gasteiger charge is -2.20. The molecule has 0 radical (unpaired) electrons. The molecule has 1 rings (SSSR count). The third-order valence-electron chi connectivity index (χ3n) is 2.79. The van der Waals surface area contributed by atoms with Crippen LogP contribution in [0.4, 0.5) is 0 Å². The Balaban J connectivity index is 2.48. The maximum absolute atomic E-state index is 4.07. The molecule has 0 saturated carbocycles. The number of allylic oxidation sites excluding steroid dienone is 3. The smallest absolute Gasteiger partial charge is 0.0739 e. The molecule has 0 amide bonds. The van der Waals surface area contributed by atoms with E-state index >= 15 is 0 Å². The van der Waals surface area contributed by atoms with E-state index in [1.807, 2.05) is 0 Å². The van der Waals surface area contributed by atoms with E-state index in [4.69, 9.17) is 0 Å². The molecule has 0 saturated heterocycles. The highest BCUT2D eigenvalue weighted by molar-refractivity contribution is 5.34. The van der Waals surface area contributed by atoms with Crippen molar-refractivity contribution in [1.82, 2.24) is 0 Å². The maximum atomic E-state index is 4.07. The van der Waals surface area contributed by atoms with Gasteiger partial charge < -0.3 is 0 Å². The van der Waals surface area contributed by atoms with Crippen molar-refractivity contribution >= 4 is 6.72 Å². The third-order valence-corrected chi connectivity index (χ3v) is 2.79. The number of hydrogen-bond donors (Lipinski definition) is 0. The summed E-state index contributed by atoms with van der Waals surface area (Å²) in [5.74, 6) is 0. The first-order valence-electron chi connectivity index (χ1n) is 5.61. The zero-order valence-corrected chi connectivity index (χ0v) is 9.92. The molecule has 1 nitrogen and oxygen atoms in total. The fourth-order valence-electron chi connectivity index (χ4n) is 1.89. The topological polar surface area (TPSA) is 12.4 Å². The van der Waals surface area contributed by atoms with Crippen molar-refractivity contribution in [3.63, 3.8) is 0 Å². The number of rotatable bonds is 4. The molecular formula is C14H21N. The molecule has 0 aliphatic heterocycles. The van der Waals surface area contributed by atoms with Crippen LogP contribution in [-0.4, -0.2) is 12.8 Å². The van der Waals surface area contributed by atoms with E-state index in [1.54, 1.807) is 0 Å². The van der Waals surface area contributed by atoms with Crippen LogP contribution < -0.4 is 0 Å². The van der Waals surface area contributed by atoms with Crippen molar-refractivity contribution in [2.24, 2.45) is 4.99 Å². The standard InChI is InChI=1S/C14H21N/c1-11(2)6-5-7-13-8-9-14(15-4)12(3)10-13/h6,10,14H,3-5,7-9H2,1-2H3. The molecule has 1 aliphatic carbocycles. The molecular weight excluding hydrogens is 182 g/mol. The first-order valence-corrected chi connectivity index (χ1v) is 5.61. The molecule has 0 heterocycles. The van der Waals surface area contributed by atoms with Gasteiger partial charge in [0, 0.05) is 0 Å². The minimum absolute atomic E-state index is 0.261. The molecule has 1 aliphatic rings. The average Bonchev–Trinajstić information content (AvgIpc) is 2.17. The summed E-state index contributed by atoms with van der Waals surface area (Å²) in [6, 6.07) is 0.261. The van der Waals surface area contributed by atoms with Crippen LogP contribution in [0.5, 0.6) is 0 Å². The SMILES string of the molecule is C=NC1CCC(CCC=C(C)C)=CC1=C. The number of aliphatic imine (C=N–C) groups is 1. The van der Waals surface area contributed by atoms with E-state index in [2.05, 4.69) is 44.3 Å².